The molecule has 0 amide bonds. The largest absolute Gasteiger partial charge is 0.458 e. The summed E-state index contributed by atoms with van der Waals surface area (Å²) in [6.07, 6.45) is 1.84. The number of benzene rings is 1. The van der Waals surface area contributed by atoms with Crippen LogP contribution in [0.5, 0.6) is 5.88 Å². The third-order valence-corrected chi connectivity index (χ3v) is 3.81. The molecule has 4 heteroatoms. The molecular weight excluding hydrogens is 232 g/mol. The van der Waals surface area contributed by atoms with Crippen LogP contribution < -0.4 is 10.1 Å². The van der Waals surface area contributed by atoms with Crippen LogP contribution in [0.25, 0.3) is 15.3 Å². The van der Waals surface area contributed by atoms with E-state index in [1.54, 1.807) is 4.40 Å². The number of nitrogen functional groups attached to an aromatic ring is 1. The quantitative estimate of drug-likeness (QED) is 0.509. The Balaban J connectivity index is 2.32. The summed E-state index contributed by atoms with van der Waals surface area (Å²) in [6.45, 7) is 0. The van der Waals surface area contributed by atoms with Crippen molar-refractivity contribution in [2.24, 2.45) is 0 Å². The van der Waals surface area contributed by atoms with Gasteiger partial charge in [-0.3, -0.25) is 0 Å². The molecule has 0 radical (unpaired) electrons. The predicted molar refractivity (Wildman–Crippen MR) is 69.0 cm³/mol. The number of aromatic nitrogens is 1. The van der Waals surface area contributed by atoms with Crippen LogP contribution in [0.3, 0.4) is 0 Å². The third kappa shape index (κ3) is 1.54. The molecule has 0 aliphatic heterocycles. The molecule has 0 atom stereocenters. The summed E-state index contributed by atoms with van der Waals surface area (Å²) < 4.78 is 1.76. The Labute approximate surface area is 102 Å². The van der Waals surface area contributed by atoms with Gasteiger partial charge in [-0.25, -0.2) is 0 Å². The van der Waals surface area contributed by atoms with Gasteiger partial charge in [0.2, 0.25) is 0 Å². The predicted octanol–water partition coefficient (Wildman–Crippen LogP) is 2.44. The number of rotatable bonds is 1. The summed E-state index contributed by atoms with van der Waals surface area (Å²) >= 11 is 1.52. The molecule has 17 heavy (non-hydrogen) atoms. The molecule has 0 aliphatic carbocycles. The highest BCUT2D eigenvalue weighted by molar-refractivity contribution is 7.20. The number of nitrogens with zero attached hydrogens (tertiary/aromatic N) is 1. The molecule has 0 aliphatic rings. The fraction of sp³-hybridized carbons (Fsp3) is 0. The molecule has 0 saturated carbocycles. The first-order chi connectivity index (χ1) is 8.27. The first kappa shape index (κ1) is 10.1. The lowest BCUT2D eigenvalue weighted by molar-refractivity contribution is -0.517. The second kappa shape index (κ2) is 3.75. The number of para-hydroxylation sites is 1. The molecule has 3 rings (SSSR count). The van der Waals surface area contributed by atoms with E-state index >= 15 is 0 Å². The Morgan fingerprint density at radius 1 is 1.06 bits per heavy atom. The fourth-order valence-electron chi connectivity index (χ4n) is 1.82. The molecule has 0 unspecified atom stereocenters. The van der Waals surface area contributed by atoms with Crippen molar-refractivity contribution < 1.29 is 9.51 Å². The molecule has 0 spiro atoms. The first-order valence-corrected chi connectivity index (χ1v) is 6.06. The second-order valence-electron chi connectivity index (χ2n) is 3.75. The minimum atomic E-state index is 0.239. The molecule has 0 fully saturated rings. The number of hydrogen-bond donors (Lipinski definition) is 2. The van der Waals surface area contributed by atoms with E-state index in [0.29, 0.717) is 5.69 Å². The summed E-state index contributed by atoms with van der Waals surface area (Å²) in [5.74, 6) is 0.239. The Bertz CT molecular complexity index is 691. The van der Waals surface area contributed by atoms with Crippen molar-refractivity contribution in [1.82, 2.24) is 0 Å². The Hall–Kier alpha value is -2.07. The number of anilines is 1. The van der Waals surface area contributed by atoms with Gasteiger partial charge in [-0.1, -0.05) is 29.5 Å². The summed E-state index contributed by atoms with van der Waals surface area (Å²) in [5, 5.41) is 10.2. The van der Waals surface area contributed by atoms with Gasteiger partial charge in [0.1, 0.15) is 0 Å². The van der Waals surface area contributed by atoms with E-state index in [-0.39, 0.29) is 5.88 Å². The Kier molecular flexibility index (Phi) is 2.23. The highest BCUT2D eigenvalue weighted by Crippen LogP contribution is 2.36. The maximum atomic E-state index is 10.2. The van der Waals surface area contributed by atoms with Gasteiger partial charge >= 0.3 is 5.88 Å². The molecule has 1 aromatic carbocycles. The van der Waals surface area contributed by atoms with E-state index in [4.69, 9.17) is 5.73 Å². The number of nitrogens with two attached hydrogens (primary N) is 1. The van der Waals surface area contributed by atoms with Crippen molar-refractivity contribution in [3.63, 3.8) is 0 Å². The molecule has 0 saturated heterocycles. The van der Waals surface area contributed by atoms with Crippen LogP contribution in [0.15, 0.2) is 48.7 Å². The van der Waals surface area contributed by atoms with E-state index in [9.17, 15) is 5.11 Å². The third-order valence-electron chi connectivity index (χ3n) is 2.67. The van der Waals surface area contributed by atoms with Crippen LogP contribution >= 0.6 is 11.3 Å². The van der Waals surface area contributed by atoms with Crippen LogP contribution in [-0.2, 0) is 0 Å². The topological polar surface area (TPSA) is 50.3 Å². The number of fused-ring (bicyclic) bond motifs is 1. The lowest BCUT2D eigenvalue weighted by Gasteiger charge is -1.99. The Morgan fingerprint density at radius 3 is 2.59 bits per heavy atom. The maximum Gasteiger partial charge on any atom is 0.390 e. The highest BCUT2D eigenvalue weighted by Gasteiger charge is 2.21. The molecule has 84 valence electrons. The zero-order valence-corrected chi connectivity index (χ0v) is 9.82. The van der Waals surface area contributed by atoms with Crippen molar-refractivity contribution in [3.8, 4) is 16.3 Å². The molecule has 3 nitrogen and oxygen atoms in total. The van der Waals surface area contributed by atoms with Crippen molar-refractivity contribution >= 4 is 21.9 Å². The second-order valence-corrected chi connectivity index (χ2v) is 4.78. The van der Waals surface area contributed by atoms with Gasteiger partial charge in [0.05, 0.1) is 0 Å². The van der Waals surface area contributed by atoms with Crippen molar-refractivity contribution in [2.75, 3.05) is 5.73 Å². The maximum absolute atomic E-state index is 10.2. The van der Waals surface area contributed by atoms with Crippen LogP contribution in [0.4, 0.5) is 5.69 Å². The number of hydrogen-bond acceptors (Lipinski definition) is 3. The van der Waals surface area contributed by atoms with Crippen molar-refractivity contribution in [1.29, 1.82) is 0 Å². The summed E-state index contributed by atoms with van der Waals surface area (Å²) in [5.41, 5.74) is 7.48. The highest BCUT2D eigenvalue weighted by atomic mass is 32.1. The van der Waals surface area contributed by atoms with Crippen molar-refractivity contribution in [2.45, 2.75) is 0 Å². The lowest BCUT2D eigenvalue weighted by atomic mass is 10.1. The first-order valence-electron chi connectivity index (χ1n) is 5.24. The Morgan fingerprint density at radius 2 is 1.82 bits per heavy atom. The van der Waals surface area contributed by atoms with Gasteiger partial charge in [0.25, 0.3) is 4.83 Å². The van der Waals surface area contributed by atoms with Gasteiger partial charge in [-0.05, 0) is 12.1 Å². The molecule has 0 bridgehead atoms. The van der Waals surface area contributed by atoms with E-state index in [1.807, 2.05) is 48.7 Å². The van der Waals surface area contributed by atoms with E-state index in [2.05, 4.69) is 0 Å². The van der Waals surface area contributed by atoms with Crippen LogP contribution in [-0.4, -0.2) is 5.11 Å². The lowest BCUT2D eigenvalue weighted by Crippen LogP contribution is -2.16. The van der Waals surface area contributed by atoms with Gasteiger partial charge < -0.3 is 10.8 Å². The zero-order valence-electron chi connectivity index (χ0n) is 9.00. The zero-order chi connectivity index (χ0) is 11.8. The van der Waals surface area contributed by atoms with Gasteiger partial charge in [0.15, 0.2) is 11.1 Å². The average Bonchev–Trinajstić information content (AvgIpc) is 2.68. The molecular formula is C13H11N2OS+. The normalized spacial score (nSPS) is 10.8. The standard InChI is InChI=1S/C13H10N2OS/c14-10-6-2-1-5-9(10)12-13(16)15-8-4-3-7-11(15)17-12/h1-8H,14H2/p+1. The van der Waals surface area contributed by atoms with E-state index in [1.165, 1.54) is 11.3 Å². The smallest absolute Gasteiger partial charge is 0.390 e. The molecule has 3 N–H and O–H groups in total. The SMILES string of the molecule is Nc1ccccc1-c1sc2cccc[n+]2c1O. The van der Waals surface area contributed by atoms with Gasteiger partial charge in [-0.2, -0.15) is 0 Å². The number of thiazole rings is 1. The van der Waals surface area contributed by atoms with Crippen LogP contribution in [0.1, 0.15) is 0 Å². The number of aromatic hydroxyl groups is 1. The molecule has 2 heterocycles. The number of pyridine rings is 1. The molecule has 3 aromatic rings. The van der Waals surface area contributed by atoms with Crippen molar-refractivity contribution in [3.05, 3.63) is 48.7 Å². The molecule has 2 aromatic heterocycles. The fourth-order valence-corrected chi connectivity index (χ4v) is 2.91. The van der Waals surface area contributed by atoms with E-state index in [0.717, 1.165) is 15.3 Å². The van der Waals surface area contributed by atoms with Crippen LogP contribution in [0, 0.1) is 0 Å². The summed E-state index contributed by atoms with van der Waals surface area (Å²) in [4.78, 5) is 1.79. The monoisotopic (exact) mass is 243 g/mol. The minimum absolute atomic E-state index is 0.239. The summed E-state index contributed by atoms with van der Waals surface area (Å²) in [6, 6.07) is 13.4. The van der Waals surface area contributed by atoms with Crippen LogP contribution in [0.2, 0.25) is 0 Å². The van der Waals surface area contributed by atoms with Gasteiger partial charge in [0, 0.05) is 23.4 Å². The van der Waals surface area contributed by atoms with Gasteiger partial charge in [-0.15, -0.1) is 4.40 Å². The average molecular weight is 243 g/mol. The summed E-state index contributed by atoms with van der Waals surface area (Å²) in [7, 11) is 0. The minimum Gasteiger partial charge on any atom is -0.458 e. The van der Waals surface area contributed by atoms with E-state index < -0.39 is 0 Å².